The lowest BCUT2D eigenvalue weighted by Gasteiger charge is -2.42. The first kappa shape index (κ1) is 14.5. The van der Waals surface area contributed by atoms with Gasteiger partial charge in [-0.05, 0) is 38.1 Å². The Labute approximate surface area is 129 Å². The molecule has 1 aromatic heterocycles. The molecule has 1 fully saturated rings. The zero-order chi connectivity index (χ0) is 14.9. The highest BCUT2D eigenvalue weighted by atomic mass is 35.5. The zero-order valence-electron chi connectivity index (χ0n) is 12.3. The van der Waals surface area contributed by atoms with Crippen LogP contribution >= 0.6 is 11.6 Å². The summed E-state index contributed by atoms with van der Waals surface area (Å²) in [6.07, 6.45) is 0. The first-order valence-corrected chi connectivity index (χ1v) is 7.47. The molecule has 0 spiro atoms. The molecule has 2 aromatic rings. The van der Waals surface area contributed by atoms with Crippen molar-refractivity contribution >= 4 is 11.6 Å². The lowest BCUT2D eigenvalue weighted by Crippen LogP contribution is -2.57. The molecule has 2 heterocycles. The minimum absolute atomic E-state index is 0.0965. The highest BCUT2D eigenvalue weighted by Gasteiger charge is 2.30. The predicted octanol–water partition coefficient (Wildman–Crippen LogP) is 2.57. The first-order chi connectivity index (χ1) is 10.0. The molecule has 112 valence electrons. The van der Waals surface area contributed by atoms with Crippen LogP contribution in [0.25, 0.3) is 11.5 Å². The van der Waals surface area contributed by atoms with Gasteiger partial charge >= 0.3 is 0 Å². The fourth-order valence-electron chi connectivity index (χ4n) is 2.51. The summed E-state index contributed by atoms with van der Waals surface area (Å²) in [5, 5.41) is 8.20. The number of hydrogen-bond acceptors (Lipinski definition) is 5. The monoisotopic (exact) mass is 306 g/mol. The van der Waals surface area contributed by atoms with Gasteiger partial charge in [0, 0.05) is 35.8 Å². The van der Waals surface area contributed by atoms with Crippen molar-refractivity contribution in [2.75, 3.05) is 19.6 Å². The molecule has 1 aliphatic heterocycles. The average molecular weight is 307 g/mol. The Bertz CT molecular complexity index is 608. The van der Waals surface area contributed by atoms with E-state index in [1.807, 2.05) is 24.3 Å². The van der Waals surface area contributed by atoms with E-state index in [1.165, 1.54) is 0 Å². The van der Waals surface area contributed by atoms with Gasteiger partial charge in [0.05, 0.1) is 6.54 Å². The summed E-state index contributed by atoms with van der Waals surface area (Å²) in [7, 11) is 0. The van der Waals surface area contributed by atoms with Crippen molar-refractivity contribution in [2.45, 2.75) is 25.9 Å². The topological polar surface area (TPSA) is 54.2 Å². The Balaban J connectivity index is 1.74. The van der Waals surface area contributed by atoms with E-state index in [9.17, 15) is 0 Å². The fourth-order valence-corrected chi connectivity index (χ4v) is 2.64. The maximum absolute atomic E-state index is 5.89. The number of nitrogens with zero attached hydrogens (tertiary/aromatic N) is 3. The standard InChI is InChI=1S/C15H19ClN4O/c1-15(2)10-17-7-8-20(15)9-13-18-14(21-19-13)11-3-5-12(16)6-4-11/h3-6,17H,7-10H2,1-2H3. The van der Waals surface area contributed by atoms with Gasteiger partial charge in [-0.3, -0.25) is 4.90 Å². The Morgan fingerprint density at radius 2 is 2.10 bits per heavy atom. The molecule has 1 aromatic carbocycles. The van der Waals surface area contributed by atoms with Crippen LogP contribution in [0, 0.1) is 0 Å². The third kappa shape index (κ3) is 3.26. The normalized spacial score (nSPS) is 18.8. The van der Waals surface area contributed by atoms with Gasteiger partial charge < -0.3 is 9.84 Å². The molecule has 0 atom stereocenters. The van der Waals surface area contributed by atoms with E-state index in [-0.39, 0.29) is 5.54 Å². The van der Waals surface area contributed by atoms with Crippen LogP contribution in [0.3, 0.4) is 0 Å². The average Bonchev–Trinajstić information content (AvgIpc) is 2.90. The van der Waals surface area contributed by atoms with Gasteiger partial charge in [-0.25, -0.2) is 0 Å². The van der Waals surface area contributed by atoms with Crippen LogP contribution in [0.1, 0.15) is 19.7 Å². The van der Waals surface area contributed by atoms with Crippen LogP contribution in [-0.4, -0.2) is 40.2 Å². The molecular formula is C15H19ClN4O. The van der Waals surface area contributed by atoms with Crippen LogP contribution in [0.15, 0.2) is 28.8 Å². The van der Waals surface area contributed by atoms with Gasteiger partial charge in [0.25, 0.3) is 5.89 Å². The summed E-state index contributed by atoms with van der Waals surface area (Å²) in [6, 6.07) is 7.41. The maximum atomic E-state index is 5.89. The lowest BCUT2D eigenvalue weighted by atomic mass is 10.0. The highest BCUT2D eigenvalue weighted by molar-refractivity contribution is 6.30. The molecule has 0 bridgehead atoms. The number of halogens is 1. The second-order valence-electron chi connectivity index (χ2n) is 5.93. The van der Waals surface area contributed by atoms with Crippen molar-refractivity contribution in [3.8, 4) is 11.5 Å². The Kier molecular flexibility index (Phi) is 3.97. The van der Waals surface area contributed by atoms with Crippen molar-refractivity contribution in [3.05, 3.63) is 35.1 Å². The molecule has 0 unspecified atom stereocenters. The summed E-state index contributed by atoms with van der Waals surface area (Å²) in [4.78, 5) is 6.86. The number of piperazine rings is 1. The van der Waals surface area contributed by atoms with E-state index >= 15 is 0 Å². The molecule has 1 N–H and O–H groups in total. The van der Waals surface area contributed by atoms with Crippen LogP contribution in [-0.2, 0) is 6.54 Å². The molecule has 1 saturated heterocycles. The number of benzene rings is 1. The van der Waals surface area contributed by atoms with E-state index in [1.54, 1.807) is 0 Å². The smallest absolute Gasteiger partial charge is 0.257 e. The van der Waals surface area contributed by atoms with E-state index < -0.39 is 0 Å². The van der Waals surface area contributed by atoms with E-state index in [4.69, 9.17) is 16.1 Å². The number of rotatable bonds is 3. The third-order valence-corrected chi connectivity index (χ3v) is 4.12. The molecule has 0 aliphatic carbocycles. The van der Waals surface area contributed by atoms with Gasteiger partial charge in [-0.15, -0.1) is 0 Å². The molecule has 1 aliphatic rings. The van der Waals surface area contributed by atoms with Gasteiger partial charge in [0.1, 0.15) is 0 Å². The van der Waals surface area contributed by atoms with Crippen LogP contribution in [0.2, 0.25) is 5.02 Å². The number of aromatic nitrogens is 2. The molecule has 21 heavy (non-hydrogen) atoms. The van der Waals surface area contributed by atoms with Crippen molar-refractivity contribution < 1.29 is 4.52 Å². The summed E-state index contributed by atoms with van der Waals surface area (Å²) >= 11 is 5.89. The van der Waals surface area contributed by atoms with Gasteiger partial charge in [0.15, 0.2) is 5.82 Å². The molecule has 0 saturated carbocycles. The lowest BCUT2D eigenvalue weighted by molar-refractivity contribution is 0.0791. The molecule has 5 nitrogen and oxygen atoms in total. The van der Waals surface area contributed by atoms with Crippen molar-refractivity contribution in [2.24, 2.45) is 0 Å². The molecule has 0 radical (unpaired) electrons. The van der Waals surface area contributed by atoms with Crippen molar-refractivity contribution in [1.29, 1.82) is 0 Å². The molecule has 3 rings (SSSR count). The minimum Gasteiger partial charge on any atom is -0.334 e. The Hall–Kier alpha value is -1.43. The molecular weight excluding hydrogens is 288 g/mol. The van der Waals surface area contributed by atoms with E-state index in [0.717, 1.165) is 31.0 Å². The summed E-state index contributed by atoms with van der Waals surface area (Å²) in [6.45, 7) is 8.09. The number of hydrogen-bond donors (Lipinski definition) is 1. The second kappa shape index (κ2) is 5.75. The Morgan fingerprint density at radius 1 is 1.33 bits per heavy atom. The quantitative estimate of drug-likeness (QED) is 0.944. The van der Waals surface area contributed by atoms with Crippen LogP contribution in [0.4, 0.5) is 0 Å². The third-order valence-electron chi connectivity index (χ3n) is 3.86. The molecule has 0 amide bonds. The zero-order valence-corrected chi connectivity index (χ0v) is 13.0. The molecule has 6 heteroatoms. The van der Waals surface area contributed by atoms with E-state index in [0.29, 0.717) is 17.5 Å². The summed E-state index contributed by atoms with van der Waals surface area (Å²) in [5.74, 6) is 1.25. The van der Waals surface area contributed by atoms with Gasteiger partial charge in [0.2, 0.25) is 0 Å². The Morgan fingerprint density at radius 3 is 2.81 bits per heavy atom. The van der Waals surface area contributed by atoms with Gasteiger partial charge in [-0.1, -0.05) is 16.8 Å². The van der Waals surface area contributed by atoms with E-state index in [2.05, 4.69) is 34.2 Å². The maximum Gasteiger partial charge on any atom is 0.257 e. The van der Waals surface area contributed by atoms with Crippen molar-refractivity contribution in [3.63, 3.8) is 0 Å². The van der Waals surface area contributed by atoms with Gasteiger partial charge in [-0.2, -0.15) is 4.98 Å². The minimum atomic E-state index is 0.0965. The fraction of sp³-hybridized carbons (Fsp3) is 0.467. The summed E-state index contributed by atoms with van der Waals surface area (Å²) < 4.78 is 5.35. The first-order valence-electron chi connectivity index (χ1n) is 7.09. The largest absolute Gasteiger partial charge is 0.334 e. The van der Waals surface area contributed by atoms with Crippen molar-refractivity contribution in [1.82, 2.24) is 20.4 Å². The summed E-state index contributed by atoms with van der Waals surface area (Å²) in [5.41, 5.74) is 0.983. The highest BCUT2D eigenvalue weighted by Crippen LogP contribution is 2.22. The second-order valence-corrected chi connectivity index (χ2v) is 6.37. The number of nitrogens with one attached hydrogen (secondary N) is 1. The van der Waals surface area contributed by atoms with Crippen LogP contribution in [0.5, 0.6) is 0 Å². The van der Waals surface area contributed by atoms with Crippen LogP contribution < -0.4 is 5.32 Å². The SMILES string of the molecule is CC1(C)CNCCN1Cc1noc(-c2ccc(Cl)cc2)n1. The predicted molar refractivity (Wildman–Crippen MR) is 82.1 cm³/mol.